The third-order valence-electron chi connectivity index (χ3n) is 3.36. The van der Waals surface area contributed by atoms with Crippen molar-refractivity contribution in [3.63, 3.8) is 0 Å². The number of aromatic nitrogens is 2. The molecule has 2 aromatic rings. The molecule has 0 unspecified atom stereocenters. The smallest absolute Gasteiger partial charge is 0.264 e. The Morgan fingerprint density at radius 3 is 2.52 bits per heavy atom. The molecule has 0 bridgehead atoms. The fraction of sp³-hybridized carbons (Fsp3) is 0.357. The Labute approximate surface area is 125 Å². The molecule has 21 heavy (non-hydrogen) atoms. The summed E-state index contributed by atoms with van der Waals surface area (Å²) < 4.78 is 29.3. The molecule has 0 atom stereocenters. The normalized spacial score (nSPS) is 11.9. The largest absolute Gasteiger partial charge is 0.398 e. The van der Waals surface area contributed by atoms with Crippen molar-refractivity contribution in [3.05, 3.63) is 35.7 Å². The van der Waals surface area contributed by atoms with E-state index >= 15 is 0 Å². The van der Waals surface area contributed by atoms with Crippen LogP contribution in [0.1, 0.15) is 31.0 Å². The first-order valence-electron chi connectivity index (χ1n) is 6.65. The van der Waals surface area contributed by atoms with Crippen LogP contribution in [0.15, 0.2) is 29.4 Å². The van der Waals surface area contributed by atoms with Crippen molar-refractivity contribution < 1.29 is 8.42 Å². The summed E-state index contributed by atoms with van der Waals surface area (Å²) in [6.07, 6.45) is 3.14. The van der Waals surface area contributed by atoms with Crippen LogP contribution in [0.25, 0.3) is 0 Å². The Morgan fingerprint density at radius 2 is 1.95 bits per heavy atom. The minimum atomic E-state index is -3.74. The van der Waals surface area contributed by atoms with Crippen LogP contribution in [-0.2, 0) is 10.0 Å². The zero-order valence-electron chi connectivity index (χ0n) is 12.6. The van der Waals surface area contributed by atoms with Crippen LogP contribution < -0.4 is 10.5 Å². The molecule has 114 valence electrons. The van der Waals surface area contributed by atoms with Crippen LogP contribution >= 0.6 is 0 Å². The zero-order valence-corrected chi connectivity index (χ0v) is 13.4. The zero-order chi connectivity index (χ0) is 15.8. The lowest BCUT2D eigenvalue weighted by atomic mass is 10.1. The van der Waals surface area contributed by atoms with Crippen molar-refractivity contribution in [1.82, 2.24) is 9.78 Å². The monoisotopic (exact) mass is 308 g/mol. The summed E-state index contributed by atoms with van der Waals surface area (Å²) in [4.78, 5) is 0.125. The molecule has 0 saturated carbocycles. The van der Waals surface area contributed by atoms with Gasteiger partial charge in [0.25, 0.3) is 10.0 Å². The van der Waals surface area contributed by atoms with Crippen molar-refractivity contribution in [2.45, 2.75) is 38.6 Å². The highest BCUT2D eigenvalue weighted by Gasteiger charge is 2.22. The molecule has 0 spiro atoms. The molecule has 3 N–H and O–H groups in total. The minimum Gasteiger partial charge on any atom is -0.398 e. The average molecular weight is 308 g/mol. The van der Waals surface area contributed by atoms with Gasteiger partial charge in [0.05, 0.1) is 17.6 Å². The first-order valence-corrected chi connectivity index (χ1v) is 8.13. The van der Waals surface area contributed by atoms with E-state index in [-0.39, 0.29) is 16.6 Å². The van der Waals surface area contributed by atoms with Crippen molar-refractivity contribution in [2.24, 2.45) is 0 Å². The van der Waals surface area contributed by atoms with E-state index in [9.17, 15) is 8.42 Å². The number of nitrogens with two attached hydrogens (primary N) is 1. The lowest BCUT2D eigenvalue weighted by Gasteiger charge is -2.13. The van der Waals surface area contributed by atoms with Gasteiger partial charge in [-0.25, -0.2) is 8.42 Å². The van der Waals surface area contributed by atoms with Crippen molar-refractivity contribution in [1.29, 1.82) is 0 Å². The molecule has 6 nitrogen and oxygen atoms in total. The highest BCUT2D eigenvalue weighted by atomic mass is 32.2. The van der Waals surface area contributed by atoms with Crippen LogP contribution in [-0.4, -0.2) is 18.2 Å². The van der Waals surface area contributed by atoms with E-state index in [0.29, 0.717) is 11.3 Å². The number of aryl methyl sites for hydroxylation is 1. The standard InChI is InChI=1S/C14H20N4O2S/c1-9(2)18-8-12(7-16-18)17-21(19,20)14-11(4)10(3)5-6-13(14)15/h5-9,17H,15H2,1-4H3. The van der Waals surface area contributed by atoms with Gasteiger partial charge in [-0.2, -0.15) is 5.10 Å². The van der Waals surface area contributed by atoms with Gasteiger partial charge in [-0.1, -0.05) is 6.07 Å². The number of rotatable bonds is 4. The topological polar surface area (TPSA) is 90.0 Å². The number of nitrogen functional groups attached to an aromatic ring is 1. The summed E-state index contributed by atoms with van der Waals surface area (Å²) >= 11 is 0. The van der Waals surface area contributed by atoms with Gasteiger partial charge < -0.3 is 5.73 Å². The van der Waals surface area contributed by atoms with Gasteiger partial charge in [0.15, 0.2) is 0 Å². The second-order valence-electron chi connectivity index (χ2n) is 5.33. The van der Waals surface area contributed by atoms with Gasteiger partial charge in [0.1, 0.15) is 4.90 Å². The number of hydrogen-bond donors (Lipinski definition) is 2. The third-order valence-corrected chi connectivity index (χ3v) is 4.94. The van der Waals surface area contributed by atoms with Crippen LogP contribution in [0.3, 0.4) is 0 Å². The van der Waals surface area contributed by atoms with E-state index < -0.39 is 10.0 Å². The summed E-state index contributed by atoms with van der Waals surface area (Å²) in [5, 5.41) is 4.11. The quantitative estimate of drug-likeness (QED) is 0.849. The highest BCUT2D eigenvalue weighted by molar-refractivity contribution is 7.93. The van der Waals surface area contributed by atoms with E-state index in [2.05, 4.69) is 9.82 Å². The molecule has 1 heterocycles. The molecule has 0 amide bonds. The average Bonchev–Trinajstić information content (AvgIpc) is 2.82. The summed E-state index contributed by atoms with van der Waals surface area (Å²) in [5.41, 5.74) is 8.03. The predicted octanol–water partition coefficient (Wildman–Crippen LogP) is 2.46. The van der Waals surface area contributed by atoms with Gasteiger partial charge in [-0.05, 0) is 44.9 Å². The Kier molecular flexibility index (Phi) is 3.95. The van der Waals surface area contributed by atoms with E-state index in [1.165, 1.54) is 6.20 Å². The van der Waals surface area contributed by atoms with Crippen molar-refractivity contribution in [3.8, 4) is 0 Å². The second kappa shape index (κ2) is 5.40. The Morgan fingerprint density at radius 1 is 1.29 bits per heavy atom. The van der Waals surface area contributed by atoms with Crippen LogP contribution in [0.4, 0.5) is 11.4 Å². The van der Waals surface area contributed by atoms with Crippen LogP contribution in [0.5, 0.6) is 0 Å². The van der Waals surface area contributed by atoms with E-state index in [1.807, 2.05) is 20.8 Å². The van der Waals surface area contributed by atoms with Crippen molar-refractivity contribution in [2.75, 3.05) is 10.5 Å². The second-order valence-corrected chi connectivity index (χ2v) is 6.95. The Bertz CT molecular complexity index is 763. The molecule has 0 aliphatic rings. The molecule has 0 aliphatic heterocycles. The first kappa shape index (κ1) is 15.4. The third kappa shape index (κ3) is 3.02. The van der Waals surface area contributed by atoms with Crippen LogP contribution in [0, 0.1) is 13.8 Å². The summed E-state index contributed by atoms with van der Waals surface area (Å²) in [6.45, 7) is 7.53. The number of nitrogens with one attached hydrogen (secondary N) is 1. The van der Waals surface area contributed by atoms with Crippen LogP contribution in [0.2, 0.25) is 0 Å². The van der Waals surface area contributed by atoms with Gasteiger partial charge in [-0.15, -0.1) is 0 Å². The fourth-order valence-corrected chi connectivity index (χ4v) is 3.51. The summed E-state index contributed by atoms with van der Waals surface area (Å²) in [5.74, 6) is 0. The minimum absolute atomic E-state index is 0.125. The van der Waals surface area contributed by atoms with Gasteiger partial charge in [-0.3, -0.25) is 9.40 Å². The van der Waals surface area contributed by atoms with E-state index in [1.54, 1.807) is 29.9 Å². The van der Waals surface area contributed by atoms with E-state index in [4.69, 9.17) is 5.73 Å². The maximum absolute atomic E-state index is 12.5. The number of sulfonamides is 1. The number of benzene rings is 1. The lowest BCUT2D eigenvalue weighted by Crippen LogP contribution is -2.16. The Balaban J connectivity index is 2.41. The molecule has 0 radical (unpaired) electrons. The summed E-state index contributed by atoms with van der Waals surface area (Å²) in [6, 6.07) is 3.57. The molecule has 1 aromatic heterocycles. The number of hydrogen-bond acceptors (Lipinski definition) is 4. The number of nitrogens with zero attached hydrogens (tertiary/aromatic N) is 2. The maximum Gasteiger partial charge on any atom is 0.264 e. The molecule has 0 aliphatic carbocycles. The maximum atomic E-state index is 12.5. The van der Waals surface area contributed by atoms with E-state index in [0.717, 1.165) is 5.56 Å². The van der Waals surface area contributed by atoms with Gasteiger partial charge in [0, 0.05) is 12.2 Å². The molecule has 0 fully saturated rings. The molecule has 1 aromatic carbocycles. The lowest BCUT2D eigenvalue weighted by molar-refractivity contribution is 0.532. The van der Waals surface area contributed by atoms with Crippen molar-refractivity contribution >= 4 is 21.4 Å². The molecular weight excluding hydrogens is 288 g/mol. The van der Waals surface area contributed by atoms with Gasteiger partial charge in [0.2, 0.25) is 0 Å². The first-order chi connectivity index (χ1) is 9.72. The SMILES string of the molecule is Cc1ccc(N)c(S(=O)(=O)Nc2cnn(C(C)C)c2)c1C. The molecule has 2 rings (SSSR count). The highest BCUT2D eigenvalue weighted by Crippen LogP contribution is 2.27. The molecular formula is C14H20N4O2S. The molecule has 0 saturated heterocycles. The molecule has 7 heteroatoms. The fourth-order valence-electron chi connectivity index (χ4n) is 2.05. The van der Waals surface area contributed by atoms with Gasteiger partial charge >= 0.3 is 0 Å². The predicted molar refractivity (Wildman–Crippen MR) is 83.7 cm³/mol. The summed E-state index contributed by atoms with van der Waals surface area (Å²) in [7, 11) is -3.74. The Hall–Kier alpha value is -2.02. The number of anilines is 2.